The molecule has 2 fully saturated rings. The molecule has 2 heterocycles. The Morgan fingerprint density at radius 1 is 0.929 bits per heavy atom. The van der Waals surface area contributed by atoms with Crippen LogP contribution in [0.3, 0.4) is 0 Å². The van der Waals surface area contributed by atoms with Gasteiger partial charge in [-0.15, -0.1) is 0 Å². The lowest BCUT2D eigenvalue weighted by Crippen LogP contribution is -3.00. The summed E-state index contributed by atoms with van der Waals surface area (Å²) in [6.07, 6.45) is 3.99. The molecule has 0 amide bonds. The Morgan fingerprint density at radius 3 is 1.79 bits per heavy atom. The number of ether oxygens (including phenoxy) is 1. The Bertz CT molecular complexity index is 754. The van der Waals surface area contributed by atoms with Crippen molar-refractivity contribution in [1.82, 2.24) is 0 Å². The second kappa shape index (κ2) is 7.97. The summed E-state index contributed by atoms with van der Waals surface area (Å²) in [5.74, 6) is -0.573. The minimum Gasteiger partial charge on any atom is -1.00 e. The predicted molar refractivity (Wildman–Crippen MR) is 104 cm³/mol. The van der Waals surface area contributed by atoms with Crippen molar-refractivity contribution in [3.8, 4) is 0 Å². The van der Waals surface area contributed by atoms with Gasteiger partial charge in [0.05, 0.1) is 26.2 Å². The Balaban J connectivity index is 0.00000225. The fraction of sp³-hybridized carbons (Fsp3) is 0.435. The number of benzene rings is 2. The largest absolute Gasteiger partial charge is 1.00 e. The molecule has 0 radical (unpaired) electrons. The van der Waals surface area contributed by atoms with Crippen LogP contribution in [-0.2, 0) is 15.1 Å². The van der Waals surface area contributed by atoms with Crippen LogP contribution in [0, 0.1) is 0 Å². The molecule has 28 heavy (non-hydrogen) atoms. The Kier molecular flexibility index (Phi) is 5.99. The average molecular weight is 446 g/mol. The maximum absolute atomic E-state index is 13.3. The molecular formula is C23H28BrNO3. The zero-order chi connectivity index (χ0) is 19.1. The first-order valence-corrected chi connectivity index (χ1v) is 9.80. The van der Waals surface area contributed by atoms with E-state index in [0.29, 0.717) is 23.2 Å². The number of nitrogens with zero attached hydrogens (tertiary/aromatic N) is 1. The first-order valence-electron chi connectivity index (χ1n) is 9.80. The molecule has 0 saturated carbocycles. The molecule has 2 atom stereocenters. The molecule has 5 heteroatoms. The van der Waals surface area contributed by atoms with Crippen molar-refractivity contribution >= 4 is 5.97 Å². The highest BCUT2D eigenvalue weighted by atomic mass is 79.9. The Hall–Kier alpha value is -1.69. The number of carbonyl (C=O) groups is 1. The number of hydrogen-bond acceptors (Lipinski definition) is 3. The van der Waals surface area contributed by atoms with E-state index in [1.807, 2.05) is 36.4 Å². The number of carbonyl (C=O) groups excluding carboxylic acids is 1. The van der Waals surface area contributed by atoms with Crippen LogP contribution < -0.4 is 17.0 Å². The molecule has 4 nitrogen and oxygen atoms in total. The number of halogens is 1. The highest BCUT2D eigenvalue weighted by Gasteiger charge is 2.51. The second-order valence-corrected chi connectivity index (χ2v) is 8.46. The van der Waals surface area contributed by atoms with Gasteiger partial charge in [0.25, 0.3) is 0 Å². The van der Waals surface area contributed by atoms with Crippen molar-refractivity contribution in [2.45, 2.75) is 49.5 Å². The molecule has 2 saturated heterocycles. The summed E-state index contributed by atoms with van der Waals surface area (Å²) in [5.41, 5.74) is -0.712. The fourth-order valence-corrected chi connectivity index (χ4v) is 4.92. The van der Waals surface area contributed by atoms with E-state index < -0.39 is 11.6 Å². The third-order valence-corrected chi connectivity index (χ3v) is 6.74. The molecule has 2 aliphatic rings. The molecule has 2 unspecified atom stereocenters. The van der Waals surface area contributed by atoms with Crippen molar-refractivity contribution in [3.05, 3.63) is 71.8 Å². The van der Waals surface area contributed by atoms with E-state index in [-0.39, 0.29) is 23.1 Å². The van der Waals surface area contributed by atoms with E-state index in [0.717, 1.165) is 17.3 Å². The molecular weight excluding hydrogens is 418 g/mol. The average Bonchev–Trinajstić information content (AvgIpc) is 2.86. The summed E-state index contributed by atoms with van der Waals surface area (Å²) in [6.45, 7) is 0. The van der Waals surface area contributed by atoms with E-state index in [1.165, 1.54) is 12.8 Å². The molecule has 2 aromatic carbocycles. The molecule has 1 N–H and O–H groups in total. The van der Waals surface area contributed by atoms with Gasteiger partial charge >= 0.3 is 5.97 Å². The summed E-state index contributed by atoms with van der Waals surface area (Å²) in [4.78, 5) is 13.3. The molecule has 2 aromatic rings. The summed E-state index contributed by atoms with van der Waals surface area (Å²) in [5, 5.41) is 11.5. The van der Waals surface area contributed by atoms with Crippen LogP contribution in [0.15, 0.2) is 60.7 Å². The molecule has 2 bridgehead atoms. The SMILES string of the molecule is C[N+]1(C)C2CCC1CC(OC(=O)C(O)(c1ccccc1)c1ccccc1)C2.[Br-]. The van der Waals surface area contributed by atoms with Crippen molar-refractivity contribution in [2.75, 3.05) is 14.1 Å². The van der Waals surface area contributed by atoms with Crippen LogP contribution in [0.5, 0.6) is 0 Å². The van der Waals surface area contributed by atoms with Gasteiger partial charge in [0.1, 0.15) is 6.10 Å². The van der Waals surface area contributed by atoms with E-state index in [9.17, 15) is 9.90 Å². The number of aliphatic hydroxyl groups is 1. The molecule has 2 aliphatic heterocycles. The summed E-state index contributed by atoms with van der Waals surface area (Å²) >= 11 is 0. The molecule has 150 valence electrons. The molecule has 0 aromatic heterocycles. The van der Waals surface area contributed by atoms with Gasteiger partial charge in [0.15, 0.2) is 0 Å². The van der Waals surface area contributed by atoms with Gasteiger partial charge in [0, 0.05) is 25.7 Å². The maximum Gasteiger partial charge on any atom is 0.347 e. The summed E-state index contributed by atoms with van der Waals surface area (Å²) in [6, 6.07) is 19.2. The van der Waals surface area contributed by atoms with Crippen LogP contribution in [0.2, 0.25) is 0 Å². The first kappa shape index (κ1) is 21.0. The van der Waals surface area contributed by atoms with Crippen molar-refractivity contribution in [3.63, 3.8) is 0 Å². The van der Waals surface area contributed by atoms with E-state index in [1.54, 1.807) is 24.3 Å². The van der Waals surface area contributed by atoms with Crippen LogP contribution in [0.4, 0.5) is 0 Å². The highest BCUT2D eigenvalue weighted by molar-refractivity contribution is 5.85. The summed E-state index contributed by atoms with van der Waals surface area (Å²) in [7, 11) is 4.56. The standard InChI is InChI=1S/C23H28NO3.BrH/c1-24(2)19-13-14-20(24)16-21(15-19)27-22(25)23(26,17-9-5-3-6-10-17)18-11-7-4-8-12-18;/h3-12,19-21,26H,13-16H2,1-2H3;1H/q+1;/p-1. The van der Waals surface area contributed by atoms with Gasteiger partial charge < -0.3 is 31.3 Å². The lowest BCUT2D eigenvalue weighted by Gasteiger charge is -2.44. The van der Waals surface area contributed by atoms with Crippen LogP contribution in [-0.4, -0.2) is 47.8 Å². The monoisotopic (exact) mass is 445 g/mol. The number of quaternary nitrogens is 1. The number of hydrogen-bond donors (Lipinski definition) is 1. The number of rotatable bonds is 4. The first-order chi connectivity index (χ1) is 12.9. The third kappa shape index (κ3) is 3.51. The van der Waals surface area contributed by atoms with Crippen LogP contribution in [0.25, 0.3) is 0 Å². The Labute approximate surface area is 177 Å². The molecule has 0 aliphatic carbocycles. The number of piperidine rings is 1. The number of esters is 1. The minimum atomic E-state index is -1.79. The fourth-order valence-electron chi connectivity index (χ4n) is 4.92. The van der Waals surface area contributed by atoms with Gasteiger partial charge in [-0.1, -0.05) is 60.7 Å². The van der Waals surface area contributed by atoms with Crippen molar-refractivity contribution in [1.29, 1.82) is 0 Å². The van der Waals surface area contributed by atoms with Gasteiger partial charge in [-0.25, -0.2) is 4.79 Å². The van der Waals surface area contributed by atoms with Gasteiger partial charge in [-0.2, -0.15) is 0 Å². The van der Waals surface area contributed by atoms with Crippen molar-refractivity contribution < 1.29 is 36.1 Å². The van der Waals surface area contributed by atoms with E-state index in [2.05, 4.69) is 14.1 Å². The van der Waals surface area contributed by atoms with Crippen LogP contribution in [0.1, 0.15) is 36.8 Å². The van der Waals surface area contributed by atoms with Crippen molar-refractivity contribution in [2.24, 2.45) is 0 Å². The Morgan fingerprint density at radius 2 is 1.36 bits per heavy atom. The zero-order valence-corrected chi connectivity index (χ0v) is 18.0. The lowest BCUT2D eigenvalue weighted by molar-refractivity contribution is -0.931. The normalized spacial score (nSPS) is 25.6. The van der Waals surface area contributed by atoms with Gasteiger partial charge in [-0.3, -0.25) is 0 Å². The smallest absolute Gasteiger partial charge is 0.347 e. The second-order valence-electron chi connectivity index (χ2n) is 8.46. The lowest BCUT2D eigenvalue weighted by atomic mass is 9.86. The van der Waals surface area contributed by atoms with Crippen LogP contribution >= 0.6 is 0 Å². The number of fused-ring (bicyclic) bond motifs is 2. The highest BCUT2D eigenvalue weighted by Crippen LogP contribution is 2.41. The molecule has 0 spiro atoms. The zero-order valence-electron chi connectivity index (χ0n) is 16.4. The third-order valence-electron chi connectivity index (χ3n) is 6.74. The van der Waals surface area contributed by atoms with E-state index in [4.69, 9.17) is 4.74 Å². The maximum atomic E-state index is 13.3. The topological polar surface area (TPSA) is 46.5 Å². The predicted octanol–water partition coefficient (Wildman–Crippen LogP) is 0.240. The summed E-state index contributed by atoms with van der Waals surface area (Å²) < 4.78 is 6.96. The quantitative estimate of drug-likeness (QED) is 0.541. The van der Waals surface area contributed by atoms with Gasteiger partial charge in [-0.05, 0) is 11.1 Å². The van der Waals surface area contributed by atoms with Gasteiger partial charge in [0.2, 0.25) is 5.60 Å². The molecule has 4 rings (SSSR count). The van der Waals surface area contributed by atoms with E-state index >= 15 is 0 Å². The minimum absolute atomic E-state index is 0.